The predicted octanol–water partition coefficient (Wildman–Crippen LogP) is 4.10. The number of ether oxygens (including phenoxy) is 1. The molecule has 0 saturated carbocycles. The molecule has 0 heterocycles. The summed E-state index contributed by atoms with van der Waals surface area (Å²) in [6, 6.07) is 11.9. The average molecular weight is 261 g/mol. The van der Waals surface area contributed by atoms with Gasteiger partial charge in [0.05, 0.1) is 7.11 Å². The number of methoxy groups -OCH3 is 1. The monoisotopic (exact) mass is 261 g/mol. The van der Waals surface area contributed by atoms with Crippen molar-refractivity contribution in [3.63, 3.8) is 0 Å². The lowest BCUT2D eigenvalue weighted by Crippen LogP contribution is -2.16. The van der Waals surface area contributed by atoms with Crippen molar-refractivity contribution in [2.24, 2.45) is 0 Å². The highest BCUT2D eigenvalue weighted by molar-refractivity contribution is 7.56. The zero-order valence-corrected chi connectivity index (χ0v) is 12.1. The second-order valence-corrected chi connectivity index (χ2v) is 7.68. The molecule has 2 aromatic carbocycles. The molecule has 2 nitrogen and oxygen atoms in total. The van der Waals surface area contributed by atoms with Crippen LogP contribution in [0.3, 0.4) is 0 Å². The Balaban J connectivity index is 2.77. The van der Waals surface area contributed by atoms with Gasteiger partial charge in [0, 0.05) is 5.39 Å². The van der Waals surface area contributed by atoms with E-state index < -0.39 is 7.80 Å². The maximum absolute atomic E-state index is 12.7. The summed E-state index contributed by atoms with van der Waals surface area (Å²) in [4.78, 5) is 0. The van der Waals surface area contributed by atoms with Crippen molar-refractivity contribution >= 4 is 23.9 Å². The van der Waals surface area contributed by atoms with E-state index in [1.54, 1.807) is 7.11 Å². The van der Waals surface area contributed by atoms with Crippen molar-refractivity contribution in [2.75, 3.05) is 7.11 Å². The fourth-order valence-corrected chi connectivity index (χ4v) is 3.40. The van der Waals surface area contributed by atoms with Gasteiger partial charge in [-0.1, -0.05) is 28.8 Å². The summed E-state index contributed by atoms with van der Waals surface area (Å²) in [6.07, 6.45) is 0. The first kappa shape index (κ1) is 13.0. The van der Waals surface area contributed by atoms with Crippen LogP contribution >= 0.6 is 7.80 Å². The third-order valence-electron chi connectivity index (χ3n) is 2.90. The average Bonchev–Trinajstić information content (AvgIpc) is 2.35. The summed E-state index contributed by atoms with van der Waals surface area (Å²) in [5.74, 6) is 0.713. The molecule has 0 radical (unpaired) electrons. The maximum atomic E-state index is 12.7. The van der Waals surface area contributed by atoms with Crippen LogP contribution < -0.4 is 10.0 Å². The maximum Gasteiger partial charge on any atom is 0.386 e. The van der Waals surface area contributed by atoms with Gasteiger partial charge in [0.15, 0.2) is 10.9 Å². The lowest BCUT2D eigenvalue weighted by molar-refractivity contribution is 0.418. The first-order valence-corrected chi connectivity index (χ1v) is 7.24. The molecule has 0 spiro atoms. The van der Waals surface area contributed by atoms with Crippen LogP contribution in [0.15, 0.2) is 36.4 Å². The summed E-state index contributed by atoms with van der Waals surface area (Å²) in [6.45, 7) is 5.98. The van der Waals surface area contributed by atoms with E-state index in [1.165, 1.54) is 0 Å². The van der Waals surface area contributed by atoms with Gasteiger partial charge in [0.1, 0.15) is 0 Å². The van der Waals surface area contributed by atoms with E-state index in [-0.39, 0.29) is 5.16 Å². The van der Waals surface area contributed by atoms with Crippen LogP contribution in [-0.4, -0.2) is 12.3 Å². The van der Waals surface area contributed by atoms with Gasteiger partial charge in [-0.15, -0.1) is 0 Å². The molecular formula is C15H18O2P+. The van der Waals surface area contributed by atoms with Crippen LogP contribution in [0.2, 0.25) is 0 Å². The molecule has 2 rings (SSSR count). The quantitative estimate of drug-likeness (QED) is 0.761. The van der Waals surface area contributed by atoms with E-state index in [0.29, 0.717) is 5.75 Å². The molecule has 1 unspecified atom stereocenters. The highest BCUT2D eigenvalue weighted by atomic mass is 31.1. The van der Waals surface area contributed by atoms with Crippen LogP contribution in [0.5, 0.6) is 5.75 Å². The molecule has 94 valence electrons. The fourth-order valence-electron chi connectivity index (χ4n) is 1.94. The Hall–Kier alpha value is -1.40. The first-order chi connectivity index (χ1) is 8.45. The molecule has 18 heavy (non-hydrogen) atoms. The van der Waals surface area contributed by atoms with Crippen LogP contribution in [0.4, 0.5) is 0 Å². The lowest BCUT2D eigenvalue weighted by Gasteiger charge is -2.10. The SMILES string of the molecule is COc1ccc2ccccc2c1[P+](=O)C(C)(C)C. The van der Waals surface area contributed by atoms with Crippen molar-refractivity contribution in [2.45, 2.75) is 25.9 Å². The molecule has 0 N–H and O–H groups in total. The number of rotatable bonds is 2. The van der Waals surface area contributed by atoms with Crippen molar-refractivity contribution < 1.29 is 9.30 Å². The minimum atomic E-state index is -1.52. The minimum Gasteiger partial charge on any atom is -0.492 e. The van der Waals surface area contributed by atoms with Gasteiger partial charge in [-0.25, -0.2) is 0 Å². The van der Waals surface area contributed by atoms with Crippen LogP contribution in [0.1, 0.15) is 20.8 Å². The molecule has 0 saturated heterocycles. The Bertz CT molecular complexity index is 597. The van der Waals surface area contributed by atoms with Gasteiger partial charge in [-0.2, -0.15) is 0 Å². The Morgan fingerprint density at radius 2 is 1.72 bits per heavy atom. The summed E-state index contributed by atoms with van der Waals surface area (Å²) < 4.78 is 18.1. The fraction of sp³-hybridized carbons (Fsp3) is 0.333. The van der Waals surface area contributed by atoms with Crippen molar-refractivity contribution in [1.29, 1.82) is 0 Å². The predicted molar refractivity (Wildman–Crippen MR) is 77.5 cm³/mol. The Morgan fingerprint density at radius 3 is 2.33 bits per heavy atom. The van der Waals surface area contributed by atoms with Gasteiger partial charge in [0.2, 0.25) is 5.30 Å². The summed E-state index contributed by atoms with van der Waals surface area (Å²) in [5.41, 5.74) is 0. The zero-order valence-electron chi connectivity index (χ0n) is 11.2. The van der Waals surface area contributed by atoms with E-state index in [1.807, 2.05) is 57.2 Å². The molecule has 0 aliphatic rings. The molecule has 0 fully saturated rings. The molecule has 0 amide bonds. The number of benzene rings is 2. The lowest BCUT2D eigenvalue weighted by atomic mass is 10.1. The number of hydrogen-bond acceptors (Lipinski definition) is 2. The van der Waals surface area contributed by atoms with E-state index in [0.717, 1.165) is 16.1 Å². The largest absolute Gasteiger partial charge is 0.492 e. The summed E-state index contributed by atoms with van der Waals surface area (Å²) >= 11 is 0. The normalized spacial score (nSPS) is 12.6. The molecular weight excluding hydrogens is 243 g/mol. The van der Waals surface area contributed by atoms with Gasteiger partial charge in [-0.05, 0) is 38.3 Å². The molecule has 0 aliphatic carbocycles. The summed E-state index contributed by atoms with van der Waals surface area (Å²) in [5, 5.41) is 2.68. The van der Waals surface area contributed by atoms with Crippen LogP contribution in [0, 0.1) is 0 Å². The number of fused-ring (bicyclic) bond motifs is 1. The Labute approximate surface area is 109 Å². The number of hydrogen-bond donors (Lipinski definition) is 0. The smallest absolute Gasteiger partial charge is 0.386 e. The van der Waals surface area contributed by atoms with E-state index in [2.05, 4.69) is 0 Å². The van der Waals surface area contributed by atoms with Crippen molar-refractivity contribution in [3.05, 3.63) is 36.4 Å². The van der Waals surface area contributed by atoms with Gasteiger partial charge < -0.3 is 4.74 Å². The molecule has 2 aromatic rings. The third kappa shape index (κ3) is 2.26. The van der Waals surface area contributed by atoms with Gasteiger partial charge in [0.25, 0.3) is 0 Å². The second-order valence-electron chi connectivity index (χ2n) is 5.30. The molecule has 0 aromatic heterocycles. The van der Waals surface area contributed by atoms with Crippen LogP contribution in [0.25, 0.3) is 10.8 Å². The molecule has 0 aliphatic heterocycles. The van der Waals surface area contributed by atoms with Crippen LogP contribution in [-0.2, 0) is 4.57 Å². The van der Waals surface area contributed by atoms with E-state index in [9.17, 15) is 4.57 Å². The van der Waals surface area contributed by atoms with Gasteiger partial charge >= 0.3 is 7.80 Å². The standard InChI is InChI=1S/C15H18O2P/c1-15(2,3)18(16)14-12-8-6-5-7-11(12)9-10-13(14)17-4/h5-10H,1-4H3/q+1. The molecule has 3 heteroatoms. The molecule has 1 atom stereocenters. The highest BCUT2D eigenvalue weighted by Crippen LogP contribution is 2.42. The van der Waals surface area contributed by atoms with E-state index >= 15 is 0 Å². The second kappa shape index (κ2) is 4.70. The van der Waals surface area contributed by atoms with Gasteiger partial charge in [-0.3, -0.25) is 0 Å². The van der Waals surface area contributed by atoms with Crippen molar-refractivity contribution in [1.82, 2.24) is 0 Å². The highest BCUT2D eigenvalue weighted by Gasteiger charge is 2.40. The van der Waals surface area contributed by atoms with E-state index in [4.69, 9.17) is 4.74 Å². The summed E-state index contributed by atoms with van der Waals surface area (Å²) in [7, 11) is 0.106. The molecule has 0 bridgehead atoms. The zero-order chi connectivity index (χ0) is 13.3. The third-order valence-corrected chi connectivity index (χ3v) is 4.98. The first-order valence-electron chi connectivity index (χ1n) is 5.98. The Morgan fingerprint density at radius 1 is 1.06 bits per heavy atom. The minimum absolute atomic E-state index is 0.271. The topological polar surface area (TPSA) is 26.3 Å². The Kier molecular flexibility index (Phi) is 3.41. The van der Waals surface area contributed by atoms with Crippen molar-refractivity contribution in [3.8, 4) is 5.75 Å².